The Morgan fingerprint density at radius 3 is 2.00 bits per heavy atom. The molecule has 0 aromatic rings. The topological polar surface area (TPSA) is 77.4 Å². The van der Waals surface area contributed by atoms with Gasteiger partial charge in [-0.3, -0.25) is 4.79 Å². The molecule has 0 bridgehead atoms. The van der Waals surface area contributed by atoms with E-state index in [9.17, 15) is 14.7 Å². The first-order valence-electron chi connectivity index (χ1n) is 1.99. The van der Waals surface area contributed by atoms with Crippen molar-refractivity contribution in [2.75, 3.05) is 0 Å². The molecule has 4 heteroatoms. The zero-order valence-electron chi connectivity index (χ0n) is 4.25. The Morgan fingerprint density at radius 2 is 2.00 bits per heavy atom. The van der Waals surface area contributed by atoms with Gasteiger partial charge in [0, 0.05) is 0 Å². The van der Waals surface area contributed by atoms with Gasteiger partial charge < -0.3 is 15.0 Å². The van der Waals surface area contributed by atoms with Crippen molar-refractivity contribution in [1.82, 2.24) is 0 Å². The molecule has 0 aromatic heterocycles. The van der Waals surface area contributed by atoms with Crippen molar-refractivity contribution in [2.24, 2.45) is 5.92 Å². The van der Waals surface area contributed by atoms with E-state index in [1.54, 1.807) is 0 Å². The number of carboxylic acid groups (broad SMARTS) is 2. The van der Waals surface area contributed by atoms with E-state index < -0.39 is 17.9 Å². The maximum absolute atomic E-state index is 9.72. The van der Waals surface area contributed by atoms with E-state index in [-0.39, 0.29) is 0 Å². The number of carbonyl (C=O) groups is 2. The number of carboxylic acids is 2. The van der Waals surface area contributed by atoms with Crippen molar-refractivity contribution in [2.45, 2.75) is 6.92 Å². The zero-order chi connectivity index (χ0) is 6.73. The van der Waals surface area contributed by atoms with E-state index in [1.807, 2.05) is 0 Å². The highest BCUT2D eigenvalue weighted by Gasteiger charge is 2.09. The molecule has 4 nitrogen and oxygen atoms in total. The van der Waals surface area contributed by atoms with Crippen LogP contribution >= 0.6 is 0 Å². The van der Waals surface area contributed by atoms with Crippen molar-refractivity contribution >= 4 is 11.9 Å². The van der Waals surface area contributed by atoms with Gasteiger partial charge in [0.2, 0.25) is 0 Å². The predicted molar refractivity (Wildman–Crippen MR) is 21.8 cm³/mol. The normalized spacial score (nSPS) is 12.6. The van der Waals surface area contributed by atoms with Gasteiger partial charge in [0.05, 0.1) is 11.9 Å². The zero-order valence-corrected chi connectivity index (χ0v) is 4.25. The fraction of sp³-hybridized carbons (Fsp3) is 0.500. The van der Waals surface area contributed by atoms with Gasteiger partial charge in [0.15, 0.2) is 0 Å². The second-order valence-electron chi connectivity index (χ2n) is 1.38. The van der Waals surface area contributed by atoms with Crippen molar-refractivity contribution in [1.29, 1.82) is 0 Å². The van der Waals surface area contributed by atoms with Crippen LogP contribution in [0.25, 0.3) is 0 Å². The van der Waals surface area contributed by atoms with Crippen LogP contribution in [0.15, 0.2) is 0 Å². The van der Waals surface area contributed by atoms with Crippen molar-refractivity contribution < 1.29 is 19.8 Å². The van der Waals surface area contributed by atoms with Crippen LogP contribution in [0.2, 0.25) is 0 Å². The number of carbonyl (C=O) groups excluding carboxylic acids is 1. The minimum absolute atomic E-state index is 1.05. The predicted octanol–water partition coefficient (Wildman–Crippen LogP) is -1.54. The van der Waals surface area contributed by atoms with Gasteiger partial charge in [-0.05, 0) is 6.92 Å². The average Bonchev–Trinajstić information content (AvgIpc) is 1.64. The first kappa shape index (κ1) is 6.94. The van der Waals surface area contributed by atoms with Crippen LogP contribution in [0, 0.1) is 5.92 Å². The van der Waals surface area contributed by atoms with E-state index in [2.05, 4.69) is 0 Å². The summed E-state index contributed by atoms with van der Waals surface area (Å²) in [4.78, 5) is 19.4. The lowest BCUT2D eigenvalue weighted by Gasteiger charge is -2.03. The molecule has 0 aliphatic carbocycles. The summed E-state index contributed by atoms with van der Waals surface area (Å²) in [7, 11) is 0. The van der Waals surface area contributed by atoms with Gasteiger partial charge in [-0.1, -0.05) is 0 Å². The van der Waals surface area contributed by atoms with Crippen molar-refractivity contribution in [3.8, 4) is 0 Å². The quantitative estimate of drug-likeness (QED) is 0.444. The molecule has 0 heterocycles. The Hall–Kier alpha value is -1.06. The first-order chi connectivity index (χ1) is 3.55. The van der Waals surface area contributed by atoms with E-state index in [0.29, 0.717) is 0 Å². The van der Waals surface area contributed by atoms with Crippen LogP contribution in [0.1, 0.15) is 6.92 Å². The Labute approximate surface area is 45.7 Å². The molecule has 46 valence electrons. The number of hydrogen-bond acceptors (Lipinski definition) is 3. The van der Waals surface area contributed by atoms with Gasteiger partial charge in [-0.25, -0.2) is 0 Å². The summed E-state index contributed by atoms with van der Waals surface area (Å²) in [5.41, 5.74) is 0. The summed E-state index contributed by atoms with van der Waals surface area (Å²) >= 11 is 0. The monoisotopic (exact) mass is 117 g/mol. The third-order valence-corrected chi connectivity index (χ3v) is 0.724. The van der Waals surface area contributed by atoms with Crippen LogP contribution < -0.4 is 5.11 Å². The first-order valence-corrected chi connectivity index (χ1v) is 1.99. The Morgan fingerprint density at radius 1 is 1.62 bits per heavy atom. The molecule has 1 unspecified atom stereocenters. The largest absolute Gasteiger partial charge is 0.549 e. The summed E-state index contributed by atoms with van der Waals surface area (Å²) in [5.74, 6) is -4.34. The summed E-state index contributed by atoms with van der Waals surface area (Å²) < 4.78 is 0. The highest BCUT2D eigenvalue weighted by atomic mass is 16.4. The summed E-state index contributed by atoms with van der Waals surface area (Å²) in [6, 6.07) is 0. The Bertz CT molecular complexity index is 103. The highest BCUT2D eigenvalue weighted by Crippen LogP contribution is 1.89. The Kier molecular flexibility index (Phi) is 1.99. The number of rotatable bonds is 2. The summed E-state index contributed by atoms with van der Waals surface area (Å²) in [5, 5.41) is 17.6. The van der Waals surface area contributed by atoms with Gasteiger partial charge in [0.1, 0.15) is 0 Å². The van der Waals surface area contributed by atoms with Gasteiger partial charge >= 0.3 is 5.97 Å². The molecule has 0 saturated heterocycles. The molecule has 0 amide bonds. The number of aliphatic carboxylic acids is 2. The minimum atomic E-state index is -1.56. The lowest BCUT2D eigenvalue weighted by molar-refractivity contribution is -0.309. The standard InChI is InChI=1S/C4H6O4/c1-2(3(5)6)4(7)8/h2H,1H3,(H,5,6)(H,7,8)/p-1. The SMILES string of the molecule is CC(C(=O)[O-])C(=O)O. The van der Waals surface area contributed by atoms with Crippen LogP contribution in [0.3, 0.4) is 0 Å². The molecule has 0 saturated carbocycles. The second kappa shape index (κ2) is 2.30. The molecule has 1 atom stereocenters. The fourth-order valence-corrected chi connectivity index (χ4v) is 0.101. The Balaban J connectivity index is 3.83. The van der Waals surface area contributed by atoms with Crippen molar-refractivity contribution in [3.63, 3.8) is 0 Å². The van der Waals surface area contributed by atoms with E-state index in [4.69, 9.17) is 5.11 Å². The maximum atomic E-state index is 9.72. The van der Waals surface area contributed by atoms with Crippen LogP contribution in [-0.2, 0) is 9.59 Å². The highest BCUT2D eigenvalue weighted by molar-refractivity contribution is 5.91. The van der Waals surface area contributed by atoms with E-state index in [1.165, 1.54) is 0 Å². The van der Waals surface area contributed by atoms with E-state index in [0.717, 1.165) is 6.92 Å². The molecule has 0 spiro atoms. The molecular formula is C4H5O4-. The van der Waals surface area contributed by atoms with E-state index >= 15 is 0 Å². The maximum Gasteiger partial charge on any atom is 0.311 e. The molecule has 0 radical (unpaired) electrons. The molecule has 1 N–H and O–H groups in total. The van der Waals surface area contributed by atoms with Gasteiger partial charge in [0.25, 0.3) is 0 Å². The third-order valence-electron chi connectivity index (χ3n) is 0.724. The minimum Gasteiger partial charge on any atom is -0.549 e. The van der Waals surface area contributed by atoms with Crippen LogP contribution in [0.4, 0.5) is 0 Å². The molecular weight excluding hydrogens is 112 g/mol. The van der Waals surface area contributed by atoms with Crippen LogP contribution in [-0.4, -0.2) is 17.0 Å². The fourth-order valence-electron chi connectivity index (χ4n) is 0.101. The molecule has 0 aliphatic heterocycles. The van der Waals surface area contributed by atoms with Crippen LogP contribution in [0.5, 0.6) is 0 Å². The smallest absolute Gasteiger partial charge is 0.311 e. The molecule has 0 fully saturated rings. The molecule has 0 aliphatic rings. The lowest BCUT2D eigenvalue weighted by atomic mass is 10.2. The van der Waals surface area contributed by atoms with Gasteiger partial charge in [-0.2, -0.15) is 0 Å². The lowest BCUT2D eigenvalue weighted by Crippen LogP contribution is -2.34. The second-order valence-corrected chi connectivity index (χ2v) is 1.38. The molecule has 0 aromatic carbocycles. The average molecular weight is 117 g/mol. The molecule has 0 rings (SSSR count). The van der Waals surface area contributed by atoms with Crippen molar-refractivity contribution in [3.05, 3.63) is 0 Å². The number of hydrogen-bond donors (Lipinski definition) is 1. The summed E-state index contributed by atoms with van der Waals surface area (Å²) in [6.45, 7) is 1.05. The van der Waals surface area contributed by atoms with Gasteiger partial charge in [-0.15, -0.1) is 0 Å². The molecule has 8 heavy (non-hydrogen) atoms. The summed E-state index contributed by atoms with van der Waals surface area (Å²) in [6.07, 6.45) is 0. The third kappa shape index (κ3) is 1.59.